The van der Waals surface area contributed by atoms with Crippen LogP contribution in [0.15, 0.2) is 35.0 Å². The average molecular weight is 295 g/mol. The molecule has 104 valence electrons. The lowest BCUT2D eigenvalue weighted by Gasteiger charge is -2.26. The van der Waals surface area contributed by atoms with Gasteiger partial charge in [0.2, 0.25) is 0 Å². The number of nitrogens with one attached hydrogen (secondary N) is 1. The minimum absolute atomic E-state index is 0.134. The summed E-state index contributed by atoms with van der Waals surface area (Å²) in [7, 11) is 1.76. The predicted octanol–water partition coefficient (Wildman–Crippen LogP) is 4.11. The second kappa shape index (κ2) is 6.66. The number of ether oxygens (including phenoxy) is 1. The molecule has 0 spiro atoms. The van der Waals surface area contributed by atoms with Gasteiger partial charge in [-0.3, -0.25) is 0 Å². The lowest BCUT2D eigenvalue weighted by atomic mass is 10.1. The van der Waals surface area contributed by atoms with Crippen LogP contribution in [0.2, 0.25) is 0 Å². The summed E-state index contributed by atoms with van der Waals surface area (Å²) in [6, 6.07) is 9.01. The highest BCUT2D eigenvalue weighted by atomic mass is 32.1. The first-order chi connectivity index (χ1) is 9.11. The van der Waals surface area contributed by atoms with Crippen molar-refractivity contribution in [1.29, 1.82) is 0 Å². The largest absolute Gasteiger partial charge is 0.377 e. The molecule has 2 aromatic heterocycles. The number of rotatable bonds is 7. The van der Waals surface area contributed by atoms with Crippen LogP contribution >= 0.6 is 22.7 Å². The maximum Gasteiger partial charge on any atom is 0.0746 e. The second-order valence-electron chi connectivity index (χ2n) is 5.20. The van der Waals surface area contributed by atoms with Gasteiger partial charge in [0.15, 0.2) is 0 Å². The van der Waals surface area contributed by atoms with Gasteiger partial charge < -0.3 is 10.1 Å². The van der Waals surface area contributed by atoms with E-state index in [-0.39, 0.29) is 5.60 Å². The Bertz CT molecular complexity index is 462. The first-order valence-electron chi connectivity index (χ1n) is 6.45. The molecule has 1 unspecified atom stereocenters. The minimum atomic E-state index is -0.134. The highest BCUT2D eigenvalue weighted by Crippen LogP contribution is 2.25. The predicted molar refractivity (Wildman–Crippen MR) is 84.2 cm³/mol. The molecular weight excluding hydrogens is 274 g/mol. The Kier molecular flexibility index (Phi) is 5.16. The minimum Gasteiger partial charge on any atom is -0.377 e. The van der Waals surface area contributed by atoms with E-state index in [1.54, 1.807) is 7.11 Å². The van der Waals surface area contributed by atoms with Crippen molar-refractivity contribution in [3.05, 3.63) is 44.8 Å². The first kappa shape index (κ1) is 14.7. The van der Waals surface area contributed by atoms with E-state index in [2.05, 4.69) is 54.2 Å². The zero-order valence-corrected chi connectivity index (χ0v) is 13.3. The smallest absolute Gasteiger partial charge is 0.0746 e. The first-order valence-corrected chi connectivity index (χ1v) is 8.21. The number of hydrogen-bond donors (Lipinski definition) is 1. The highest BCUT2D eigenvalue weighted by Gasteiger charge is 2.20. The summed E-state index contributed by atoms with van der Waals surface area (Å²) in [6.45, 7) is 5.06. The van der Waals surface area contributed by atoms with Gasteiger partial charge in [-0.25, -0.2) is 0 Å². The third kappa shape index (κ3) is 4.42. The average Bonchev–Trinajstić information content (AvgIpc) is 3.07. The van der Waals surface area contributed by atoms with Gasteiger partial charge in [-0.1, -0.05) is 12.1 Å². The zero-order chi connectivity index (χ0) is 13.7. The van der Waals surface area contributed by atoms with Gasteiger partial charge in [-0.05, 0) is 36.7 Å². The molecule has 0 aromatic carbocycles. The van der Waals surface area contributed by atoms with Gasteiger partial charge in [0.25, 0.3) is 0 Å². The molecule has 0 fully saturated rings. The molecule has 0 radical (unpaired) electrons. The molecule has 2 rings (SSSR count). The van der Waals surface area contributed by atoms with Gasteiger partial charge >= 0.3 is 0 Å². The summed E-state index contributed by atoms with van der Waals surface area (Å²) in [5.74, 6) is 0. The topological polar surface area (TPSA) is 21.3 Å². The van der Waals surface area contributed by atoms with Crippen molar-refractivity contribution < 1.29 is 4.74 Å². The van der Waals surface area contributed by atoms with Crippen molar-refractivity contribution in [3.63, 3.8) is 0 Å². The van der Waals surface area contributed by atoms with Gasteiger partial charge in [0.05, 0.1) is 5.60 Å². The summed E-state index contributed by atoms with van der Waals surface area (Å²) in [4.78, 5) is 2.81. The fraction of sp³-hybridized carbons (Fsp3) is 0.467. The molecule has 1 atom stereocenters. The third-order valence-corrected chi connectivity index (χ3v) is 5.08. The summed E-state index contributed by atoms with van der Waals surface area (Å²) >= 11 is 3.63. The van der Waals surface area contributed by atoms with Gasteiger partial charge in [-0.15, -0.1) is 22.7 Å². The molecule has 1 N–H and O–H groups in total. The van der Waals surface area contributed by atoms with Gasteiger partial charge in [0, 0.05) is 35.9 Å². The lowest BCUT2D eigenvalue weighted by Crippen LogP contribution is -2.38. The monoisotopic (exact) mass is 295 g/mol. The number of methoxy groups -OCH3 is 1. The van der Waals surface area contributed by atoms with E-state index in [0.717, 1.165) is 13.0 Å². The van der Waals surface area contributed by atoms with Crippen molar-refractivity contribution in [1.82, 2.24) is 5.32 Å². The third-order valence-electron chi connectivity index (χ3n) is 3.20. The Labute approximate surface area is 123 Å². The molecule has 0 amide bonds. The molecule has 0 bridgehead atoms. The summed E-state index contributed by atoms with van der Waals surface area (Å²) in [5, 5.41) is 7.92. The molecule has 2 heterocycles. The van der Waals surface area contributed by atoms with Crippen LogP contribution < -0.4 is 5.32 Å². The molecule has 19 heavy (non-hydrogen) atoms. The number of hydrogen-bond acceptors (Lipinski definition) is 4. The van der Waals surface area contributed by atoms with E-state index in [4.69, 9.17) is 4.74 Å². The fourth-order valence-electron chi connectivity index (χ4n) is 1.83. The van der Waals surface area contributed by atoms with Crippen molar-refractivity contribution in [2.75, 3.05) is 13.7 Å². The van der Waals surface area contributed by atoms with Crippen LogP contribution in [-0.2, 0) is 11.2 Å². The van der Waals surface area contributed by atoms with E-state index in [9.17, 15) is 0 Å². The SMILES string of the molecule is COC(C)(C)CNC(Cc1cccs1)c1cccs1. The van der Waals surface area contributed by atoms with Crippen LogP contribution in [0, 0.1) is 0 Å². The van der Waals surface area contributed by atoms with Crippen LogP contribution in [0.3, 0.4) is 0 Å². The van der Waals surface area contributed by atoms with Crippen LogP contribution in [0.4, 0.5) is 0 Å². The molecule has 0 aliphatic carbocycles. The van der Waals surface area contributed by atoms with E-state index in [0.29, 0.717) is 6.04 Å². The zero-order valence-electron chi connectivity index (χ0n) is 11.7. The maximum absolute atomic E-state index is 5.48. The Hall–Kier alpha value is -0.680. The Balaban J connectivity index is 2.03. The van der Waals surface area contributed by atoms with Crippen LogP contribution in [0.5, 0.6) is 0 Å². The molecular formula is C15H21NOS2. The molecule has 0 saturated carbocycles. The van der Waals surface area contributed by atoms with E-state index in [1.165, 1.54) is 9.75 Å². The summed E-state index contributed by atoms with van der Waals surface area (Å²) in [6.07, 6.45) is 1.04. The normalized spacial score (nSPS) is 13.6. The maximum atomic E-state index is 5.48. The molecule has 2 aromatic rings. The standard InChI is InChI=1S/C15H21NOS2/c1-15(2,17-3)11-16-13(14-7-5-9-19-14)10-12-6-4-8-18-12/h4-9,13,16H,10-11H2,1-3H3. The Morgan fingerprint density at radius 3 is 2.53 bits per heavy atom. The van der Waals surface area contributed by atoms with Gasteiger partial charge in [-0.2, -0.15) is 0 Å². The van der Waals surface area contributed by atoms with Crippen molar-refractivity contribution in [3.8, 4) is 0 Å². The van der Waals surface area contributed by atoms with Crippen molar-refractivity contribution >= 4 is 22.7 Å². The van der Waals surface area contributed by atoms with Gasteiger partial charge in [0.1, 0.15) is 0 Å². The molecule has 0 aliphatic heterocycles. The van der Waals surface area contributed by atoms with Crippen LogP contribution in [0.1, 0.15) is 29.6 Å². The Morgan fingerprint density at radius 2 is 1.95 bits per heavy atom. The molecule has 0 saturated heterocycles. The van der Waals surface area contributed by atoms with E-state index < -0.39 is 0 Å². The van der Waals surface area contributed by atoms with Crippen LogP contribution in [-0.4, -0.2) is 19.3 Å². The molecule has 4 heteroatoms. The highest BCUT2D eigenvalue weighted by molar-refractivity contribution is 7.10. The quantitative estimate of drug-likeness (QED) is 0.830. The Morgan fingerprint density at radius 1 is 1.21 bits per heavy atom. The summed E-state index contributed by atoms with van der Waals surface area (Å²) in [5.41, 5.74) is -0.134. The van der Waals surface area contributed by atoms with Crippen molar-refractivity contribution in [2.45, 2.75) is 31.9 Å². The molecule has 2 nitrogen and oxygen atoms in total. The van der Waals surface area contributed by atoms with E-state index in [1.807, 2.05) is 22.7 Å². The summed E-state index contributed by atoms with van der Waals surface area (Å²) < 4.78 is 5.48. The second-order valence-corrected chi connectivity index (χ2v) is 7.21. The van der Waals surface area contributed by atoms with Crippen LogP contribution in [0.25, 0.3) is 0 Å². The van der Waals surface area contributed by atoms with E-state index >= 15 is 0 Å². The fourth-order valence-corrected chi connectivity index (χ4v) is 3.39. The number of thiophene rings is 2. The van der Waals surface area contributed by atoms with Crippen molar-refractivity contribution in [2.24, 2.45) is 0 Å². The molecule has 0 aliphatic rings. The lowest BCUT2D eigenvalue weighted by molar-refractivity contribution is 0.0211.